The molecule has 1 amide bonds. The van der Waals surface area contributed by atoms with E-state index in [1.807, 2.05) is 0 Å². The first-order chi connectivity index (χ1) is 9.90. The van der Waals surface area contributed by atoms with Crippen molar-refractivity contribution < 1.29 is 22.7 Å². The normalized spacial score (nSPS) is 15.6. The molecule has 3 N–H and O–H groups in total. The number of carbonyl (C=O) groups excluding carboxylic acids is 1. The number of ether oxygens (including phenoxy) is 1. The zero-order valence-electron chi connectivity index (χ0n) is 11.7. The maximum Gasteiger partial charge on any atom is 0.416 e. The van der Waals surface area contributed by atoms with Crippen LogP contribution in [0.1, 0.15) is 18.4 Å². The number of rotatable bonds is 6. The summed E-state index contributed by atoms with van der Waals surface area (Å²) in [4.78, 5) is 11.7. The quantitative estimate of drug-likeness (QED) is 0.837. The van der Waals surface area contributed by atoms with Gasteiger partial charge in [0, 0.05) is 12.6 Å². The second kappa shape index (κ2) is 7.69. The van der Waals surface area contributed by atoms with E-state index in [0.29, 0.717) is 12.5 Å². The molecule has 1 aromatic rings. The van der Waals surface area contributed by atoms with Crippen molar-refractivity contribution in [2.24, 2.45) is 11.7 Å². The van der Waals surface area contributed by atoms with E-state index in [9.17, 15) is 18.0 Å². The van der Waals surface area contributed by atoms with Gasteiger partial charge in [0.05, 0.1) is 5.56 Å². The second-order valence-electron chi connectivity index (χ2n) is 5.06. The molecular weight excluding hydrogens is 321 g/mol. The van der Waals surface area contributed by atoms with Crippen LogP contribution in [-0.4, -0.2) is 25.1 Å². The summed E-state index contributed by atoms with van der Waals surface area (Å²) < 4.78 is 42.7. The summed E-state index contributed by atoms with van der Waals surface area (Å²) in [5.74, 6) is 0.0398. The zero-order valence-corrected chi connectivity index (χ0v) is 12.5. The van der Waals surface area contributed by atoms with Crippen LogP contribution in [0.25, 0.3) is 0 Å². The van der Waals surface area contributed by atoms with Gasteiger partial charge in [0.25, 0.3) is 5.91 Å². The molecule has 8 heteroatoms. The molecule has 1 unspecified atom stereocenters. The fourth-order valence-corrected chi connectivity index (χ4v) is 2.03. The lowest BCUT2D eigenvalue weighted by molar-refractivity contribution is -0.137. The SMILES string of the molecule is Cl.NCC(NC(=O)COc1cccc(C(F)(F)F)c1)C1CC1. The molecule has 0 saturated heterocycles. The van der Waals surface area contributed by atoms with Gasteiger partial charge >= 0.3 is 6.18 Å². The minimum absolute atomic E-state index is 0. The summed E-state index contributed by atoms with van der Waals surface area (Å²) in [6, 6.07) is 4.36. The van der Waals surface area contributed by atoms with Gasteiger partial charge in [0.1, 0.15) is 5.75 Å². The van der Waals surface area contributed by atoms with Gasteiger partial charge in [-0.3, -0.25) is 4.79 Å². The Morgan fingerprint density at radius 1 is 1.41 bits per heavy atom. The van der Waals surface area contributed by atoms with Crippen LogP contribution in [0.4, 0.5) is 13.2 Å². The van der Waals surface area contributed by atoms with Crippen LogP contribution in [0.15, 0.2) is 24.3 Å². The van der Waals surface area contributed by atoms with Gasteiger partial charge in [-0.2, -0.15) is 13.2 Å². The molecule has 0 radical (unpaired) electrons. The van der Waals surface area contributed by atoms with E-state index in [1.165, 1.54) is 12.1 Å². The largest absolute Gasteiger partial charge is 0.484 e. The standard InChI is InChI=1S/C14H17F3N2O2.ClH/c15-14(16,17)10-2-1-3-11(6-10)21-8-13(20)19-12(7-18)9-4-5-9;/h1-3,6,9,12H,4-5,7-8,18H2,(H,19,20);1H. The van der Waals surface area contributed by atoms with Gasteiger partial charge in [0.15, 0.2) is 6.61 Å². The van der Waals surface area contributed by atoms with Gasteiger partial charge < -0.3 is 15.8 Å². The monoisotopic (exact) mass is 338 g/mol. The van der Waals surface area contributed by atoms with E-state index in [-0.39, 0.29) is 36.7 Å². The molecule has 124 valence electrons. The van der Waals surface area contributed by atoms with Crippen molar-refractivity contribution in [3.8, 4) is 5.75 Å². The van der Waals surface area contributed by atoms with Crippen molar-refractivity contribution >= 4 is 18.3 Å². The lowest BCUT2D eigenvalue weighted by Gasteiger charge is -2.16. The van der Waals surface area contributed by atoms with Crippen LogP contribution >= 0.6 is 12.4 Å². The molecule has 1 fully saturated rings. The number of nitrogens with one attached hydrogen (secondary N) is 1. The number of benzene rings is 1. The number of alkyl halides is 3. The Kier molecular flexibility index (Phi) is 6.49. The summed E-state index contributed by atoms with van der Waals surface area (Å²) in [5.41, 5.74) is 4.75. The number of amides is 1. The van der Waals surface area contributed by atoms with Crippen LogP contribution in [-0.2, 0) is 11.0 Å². The molecule has 1 aromatic carbocycles. The Balaban J connectivity index is 0.00000242. The van der Waals surface area contributed by atoms with Crippen molar-refractivity contribution in [2.45, 2.75) is 25.1 Å². The van der Waals surface area contributed by atoms with E-state index in [1.54, 1.807) is 0 Å². The summed E-state index contributed by atoms with van der Waals surface area (Å²) in [7, 11) is 0. The first kappa shape index (κ1) is 18.6. The molecule has 1 aliphatic rings. The smallest absolute Gasteiger partial charge is 0.416 e. The third-order valence-electron chi connectivity index (χ3n) is 3.32. The highest BCUT2D eigenvalue weighted by Crippen LogP contribution is 2.32. The fourth-order valence-electron chi connectivity index (χ4n) is 2.03. The first-order valence-corrected chi connectivity index (χ1v) is 6.69. The lowest BCUT2D eigenvalue weighted by atomic mass is 10.2. The first-order valence-electron chi connectivity index (χ1n) is 6.69. The Hall–Kier alpha value is -1.47. The van der Waals surface area contributed by atoms with Crippen molar-refractivity contribution in [1.82, 2.24) is 5.32 Å². The molecule has 22 heavy (non-hydrogen) atoms. The number of hydrogen-bond acceptors (Lipinski definition) is 3. The topological polar surface area (TPSA) is 64.3 Å². The molecule has 0 bridgehead atoms. The Morgan fingerprint density at radius 3 is 2.64 bits per heavy atom. The predicted molar refractivity (Wildman–Crippen MR) is 77.9 cm³/mol. The van der Waals surface area contributed by atoms with Crippen LogP contribution in [0.3, 0.4) is 0 Å². The fraction of sp³-hybridized carbons (Fsp3) is 0.500. The van der Waals surface area contributed by atoms with Crippen molar-refractivity contribution in [3.63, 3.8) is 0 Å². The predicted octanol–water partition coefficient (Wildman–Crippen LogP) is 2.36. The van der Waals surface area contributed by atoms with Crippen LogP contribution in [0, 0.1) is 5.92 Å². The minimum Gasteiger partial charge on any atom is -0.484 e. The number of halogens is 4. The van der Waals surface area contributed by atoms with E-state index < -0.39 is 11.7 Å². The highest BCUT2D eigenvalue weighted by molar-refractivity contribution is 5.85. The lowest BCUT2D eigenvalue weighted by Crippen LogP contribution is -2.43. The molecule has 0 spiro atoms. The molecule has 1 aliphatic carbocycles. The maximum absolute atomic E-state index is 12.5. The zero-order chi connectivity index (χ0) is 15.5. The van der Waals surface area contributed by atoms with Gasteiger partial charge in [-0.1, -0.05) is 6.07 Å². The molecule has 4 nitrogen and oxygen atoms in total. The molecule has 0 heterocycles. The molecule has 0 aliphatic heterocycles. The van der Waals surface area contributed by atoms with E-state index in [4.69, 9.17) is 10.5 Å². The van der Waals surface area contributed by atoms with Crippen molar-refractivity contribution in [1.29, 1.82) is 0 Å². The average Bonchev–Trinajstić information content (AvgIpc) is 3.26. The second-order valence-corrected chi connectivity index (χ2v) is 5.06. The summed E-state index contributed by atoms with van der Waals surface area (Å²) in [6.45, 7) is 0.0183. The highest BCUT2D eigenvalue weighted by Gasteiger charge is 2.32. The maximum atomic E-state index is 12.5. The molecule has 2 rings (SSSR count). The summed E-state index contributed by atoms with van der Waals surface area (Å²) in [6.07, 6.45) is -2.36. The number of carbonyl (C=O) groups is 1. The number of nitrogens with two attached hydrogens (primary N) is 1. The van der Waals surface area contributed by atoms with E-state index >= 15 is 0 Å². The summed E-state index contributed by atoms with van der Waals surface area (Å²) >= 11 is 0. The van der Waals surface area contributed by atoms with Crippen LogP contribution in [0.2, 0.25) is 0 Å². The Bertz CT molecular complexity index is 507. The Labute approximate surface area is 132 Å². The third-order valence-corrected chi connectivity index (χ3v) is 3.32. The molecule has 1 atom stereocenters. The molecule has 0 aromatic heterocycles. The van der Waals surface area contributed by atoms with Gasteiger partial charge in [-0.15, -0.1) is 12.4 Å². The van der Waals surface area contributed by atoms with Crippen molar-refractivity contribution in [3.05, 3.63) is 29.8 Å². The number of hydrogen-bond donors (Lipinski definition) is 2. The van der Waals surface area contributed by atoms with Gasteiger partial charge in [-0.25, -0.2) is 0 Å². The van der Waals surface area contributed by atoms with Gasteiger partial charge in [-0.05, 0) is 37.0 Å². The molecular formula is C14H18ClF3N2O2. The summed E-state index contributed by atoms with van der Waals surface area (Å²) in [5, 5.41) is 2.73. The van der Waals surface area contributed by atoms with Gasteiger partial charge in [0.2, 0.25) is 0 Å². The molecule has 1 saturated carbocycles. The van der Waals surface area contributed by atoms with Crippen molar-refractivity contribution in [2.75, 3.05) is 13.2 Å². The van der Waals surface area contributed by atoms with E-state index in [0.717, 1.165) is 25.0 Å². The highest BCUT2D eigenvalue weighted by atomic mass is 35.5. The Morgan fingerprint density at radius 2 is 2.09 bits per heavy atom. The van der Waals surface area contributed by atoms with E-state index in [2.05, 4.69) is 5.32 Å². The van der Waals surface area contributed by atoms with Crippen LogP contribution in [0.5, 0.6) is 5.75 Å². The average molecular weight is 339 g/mol. The third kappa shape index (κ3) is 5.38. The van der Waals surface area contributed by atoms with Crippen LogP contribution < -0.4 is 15.8 Å². The minimum atomic E-state index is -4.43.